The van der Waals surface area contributed by atoms with E-state index in [4.69, 9.17) is 4.98 Å². The van der Waals surface area contributed by atoms with E-state index in [1.54, 1.807) is 6.07 Å². The van der Waals surface area contributed by atoms with E-state index < -0.39 is 12.0 Å². The van der Waals surface area contributed by atoms with Crippen LogP contribution in [-0.4, -0.2) is 43.8 Å². The Hall–Kier alpha value is -3.92. The number of nitrogens with one attached hydrogen (secondary N) is 2. The number of pyridine rings is 1. The zero-order chi connectivity index (χ0) is 28.7. The number of para-hydroxylation sites is 1. The summed E-state index contributed by atoms with van der Waals surface area (Å²) >= 11 is 0. The Morgan fingerprint density at radius 2 is 1.50 bits per heavy atom. The summed E-state index contributed by atoms with van der Waals surface area (Å²) in [4.78, 5) is 11.3. The van der Waals surface area contributed by atoms with Crippen molar-refractivity contribution >= 4 is 23.0 Å². The number of rotatable bonds is 7. The highest BCUT2D eigenvalue weighted by Gasteiger charge is 2.38. The molecule has 2 fully saturated rings. The van der Waals surface area contributed by atoms with Crippen molar-refractivity contribution in [3.63, 3.8) is 0 Å². The van der Waals surface area contributed by atoms with E-state index in [1.165, 1.54) is 41.7 Å². The Morgan fingerprint density at radius 3 is 2.24 bits per heavy atom. The summed E-state index contributed by atoms with van der Waals surface area (Å²) in [6.45, 7) is 2.37. The fourth-order valence-electron chi connectivity index (χ4n) is 6.24. The number of hydrogen-bond acceptors (Lipinski definition) is 6. The molecule has 0 amide bonds. The van der Waals surface area contributed by atoms with Crippen molar-refractivity contribution in [2.45, 2.75) is 69.5 Å². The number of aromatic nitrogens is 4. The van der Waals surface area contributed by atoms with Gasteiger partial charge in [-0.25, -0.2) is 4.98 Å². The Kier molecular flexibility index (Phi) is 7.09. The highest BCUT2D eigenvalue weighted by Crippen LogP contribution is 2.41. The molecule has 2 aromatic carbocycles. The van der Waals surface area contributed by atoms with Crippen LogP contribution in [0.2, 0.25) is 0 Å². The number of halogens is 3. The molecule has 1 unspecified atom stereocenters. The van der Waals surface area contributed by atoms with E-state index in [-0.39, 0.29) is 17.7 Å². The fraction of sp³-hybridized carbons (Fsp3) is 0.406. The van der Waals surface area contributed by atoms with Crippen molar-refractivity contribution < 1.29 is 13.2 Å². The van der Waals surface area contributed by atoms with E-state index >= 15 is 0 Å². The molecule has 0 spiro atoms. The Balaban J connectivity index is 1.20. The van der Waals surface area contributed by atoms with Gasteiger partial charge in [0.05, 0.1) is 0 Å². The van der Waals surface area contributed by atoms with Gasteiger partial charge in [-0.05, 0) is 106 Å². The molecule has 2 aromatic heterocycles. The van der Waals surface area contributed by atoms with Crippen LogP contribution in [0.15, 0.2) is 60.7 Å². The molecule has 4 aromatic rings. The van der Waals surface area contributed by atoms with E-state index in [9.17, 15) is 13.2 Å². The molecule has 1 aliphatic heterocycles. The van der Waals surface area contributed by atoms with Gasteiger partial charge >= 0.3 is 6.18 Å². The quantitative estimate of drug-likeness (QED) is 0.225. The lowest BCUT2D eigenvalue weighted by Crippen LogP contribution is -2.32. The summed E-state index contributed by atoms with van der Waals surface area (Å²) in [6.07, 6.45) is 4.08. The number of benzene rings is 2. The summed E-state index contributed by atoms with van der Waals surface area (Å²) in [6, 6.07) is 20.0. The largest absolute Gasteiger partial charge is 0.453 e. The molecule has 218 valence electrons. The van der Waals surface area contributed by atoms with Crippen molar-refractivity contribution in [2.75, 3.05) is 23.7 Å². The van der Waals surface area contributed by atoms with Crippen molar-refractivity contribution in [1.82, 2.24) is 24.6 Å². The summed E-state index contributed by atoms with van der Waals surface area (Å²) in [5.74, 6) is -0.648. The molecule has 0 radical (unpaired) electrons. The third-order valence-corrected chi connectivity index (χ3v) is 8.58. The number of fused-ring (bicyclic) bond motifs is 1. The van der Waals surface area contributed by atoms with Gasteiger partial charge in [-0.3, -0.25) is 0 Å². The topological polar surface area (TPSA) is 70.9 Å². The maximum Gasteiger partial charge on any atom is 0.453 e. The van der Waals surface area contributed by atoms with Gasteiger partial charge < -0.3 is 15.5 Å². The van der Waals surface area contributed by atoms with Crippen LogP contribution in [-0.2, 0) is 19.0 Å². The van der Waals surface area contributed by atoms with E-state index in [2.05, 4.69) is 37.7 Å². The molecule has 7 nitrogen and oxygen atoms in total. The van der Waals surface area contributed by atoms with Crippen LogP contribution in [0.25, 0.3) is 5.82 Å². The van der Waals surface area contributed by atoms with Crippen LogP contribution in [0.4, 0.5) is 36.2 Å². The molecule has 2 N–H and O–H groups in total. The number of aryl methyl sites for hydroxylation is 2. The predicted molar refractivity (Wildman–Crippen MR) is 157 cm³/mol. The number of alkyl halides is 3. The molecule has 10 heteroatoms. The fourth-order valence-corrected chi connectivity index (χ4v) is 6.24. The van der Waals surface area contributed by atoms with E-state index in [0.717, 1.165) is 55.6 Å². The van der Waals surface area contributed by atoms with Gasteiger partial charge in [0.1, 0.15) is 0 Å². The normalized spacial score (nSPS) is 19.4. The summed E-state index contributed by atoms with van der Waals surface area (Å²) in [5, 5.41) is 10.4. The van der Waals surface area contributed by atoms with Gasteiger partial charge in [-0.2, -0.15) is 22.8 Å². The first-order chi connectivity index (χ1) is 20.4. The lowest BCUT2D eigenvalue weighted by Gasteiger charge is -2.25. The zero-order valence-electron chi connectivity index (χ0n) is 23.4. The third kappa shape index (κ3) is 5.86. The van der Waals surface area contributed by atoms with Gasteiger partial charge in [-0.15, -0.1) is 5.10 Å². The first-order valence-corrected chi connectivity index (χ1v) is 14.9. The maximum atomic E-state index is 13.9. The van der Waals surface area contributed by atoms with Gasteiger partial charge in [0.2, 0.25) is 5.95 Å². The molecule has 0 bridgehead atoms. The summed E-state index contributed by atoms with van der Waals surface area (Å²) in [5.41, 5.74) is 5.69. The number of anilines is 4. The number of hydrogen-bond donors (Lipinski definition) is 2. The monoisotopic (exact) mass is 573 g/mol. The zero-order valence-corrected chi connectivity index (χ0v) is 23.4. The van der Waals surface area contributed by atoms with Crippen molar-refractivity contribution in [1.29, 1.82) is 0 Å². The second-order valence-electron chi connectivity index (χ2n) is 11.7. The van der Waals surface area contributed by atoms with E-state index in [0.29, 0.717) is 11.7 Å². The molecule has 42 heavy (non-hydrogen) atoms. The smallest absolute Gasteiger partial charge is 0.355 e. The molecule has 1 saturated heterocycles. The van der Waals surface area contributed by atoms with Gasteiger partial charge in [0.25, 0.3) is 5.82 Å². The summed E-state index contributed by atoms with van der Waals surface area (Å²) < 4.78 is 42.7. The first-order valence-electron chi connectivity index (χ1n) is 14.9. The van der Waals surface area contributed by atoms with Gasteiger partial charge in [-0.1, -0.05) is 24.3 Å². The van der Waals surface area contributed by atoms with Crippen molar-refractivity contribution in [3.8, 4) is 5.82 Å². The van der Waals surface area contributed by atoms with Crippen LogP contribution in [0.3, 0.4) is 0 Å². The van der Waals surface area contributed by atoms with E-state index in [1.807, 2.05) is 42.5 Å². The molecule has 7 rings (SSSR count). The maximum absolute atomic E-state index is 13.9. The molecular weight excluding hydrogens is 539 g/mol. The van der Waals surface area contributed by atoms with Crippen LogP contribution in [0, 0.1) is 0 Å². The highest BCUT2D eigenvalue weighted by molar-refractivity contribution is 5.63. The number of nitrogens with zero attached hydrogens (tertiary/aromatic N) is 5. The average Bonchev–Trinajstić information content (AvgIpc) is 3.59. The first kappa shape index (κ1) is 26.9. The number of likely N-dealkylation sites (tertiary alicyclic amines) is 1. The Morgan fingerprint density at radius 1 is 0.738 bits per heavy atom. The second-order valence-corrected chi connectivity index (χ2v) is 11.7. The van der Waals surface area contributed by atoms with Crippen LogP contribution < -0.4 is 10.6 Å². The Bertz CT molecular complexity index is 1560. The minimum absolute atomic E-state index is 0.0167. The third-order valence-electron chi connectivity index (χ3n) is 8.58. The molecule has 1 atom stereocenters. The lowest BCUT2D eigenvalue weighted by atomic mass is 10.0. The van der Waals surface area contributed by atoms with Crippen LogP contribution in [0.1, 0.15) is 67.1 Å². The second kappa shape index (κ2) is 11.1. The SMILES string of the molecule is FC(F)(F)c1nc(Nc2ccc3c(c2)CCC(N2CCCC2)CC3)n(-c2cc(Nc3ccccc3)cc(C3CC3)n2)n1. The van der Waals surface area contributed by atoms with Gasteiger partial charge in [0, 0.05) is 40.8 Å². The molecule has 2 aliphatic carbocycles. The molecule has 3 aliphatic rings. The van der Waals surface area contributed by atoms with Crippen molar-refractivity contribution in [3.05, 3.63) is 83.3 Å². The summed E-state index contributed by atoms with van der Waals surface area (Å²) in [7, 11) is 0. The standard InChI is InChI=1S/C32H34F3N7/c33-32(34,35)30-39-31(37-25-13-10-21-11-14-27(15-12-23(21)18-25)41-16-4-5-17-41)42(40-30)29-20-26(19-28(38-29)22-8-9-22)36-24-6-2-1-3-7-24/h1-3,6-7,10,13,18-20,22,27H,4-5,8-9,11-12,14-17H2,(H,36,38)(H,37,39,40). The minimum Gasteiger partial charge on any atom is -0.355 e. The van der Waals surface area contributed by atoms with Gasteiger partial charge in [0.15, 0.2) is 5.82 Å². The minimum atomic E-state index is -4.70. The van der Waals surface area contributed by atoms with Crippen LogP contribution >= 0.6 is 0 Å². The molecule has 1 saturated carbocycles. The van der Waals surface area contributed by atoms with Crippen molar-refractivity contribution in [2.24, 2.45) is 0 Å². The lowest BCUT2D eigenvalue weighted by molar-refractivity contribution is -0.144. The predicted octanol–water partition coefficient (Wildman–Crippen LogP) is 7.39. The Labute approximate surface area is 243 Å². The average molecular weight is 574 g/mol. The molecular formula is C32H34F3N7. The van der Waals surface area contributed by atoms with Crippen LogP contribution in [0.5, 0.6) is 0 Å². The highest BCUT2D eigenvalue weighted by atomic mass is 19.4. The molecule has 3 heterocycles.